The van der Waals surface area contributed by atoms with Crippen molar-refractivity contribution in [3.05, 3.63) is 40.3 Å². The van der Waals surface area contributed by atoms with E-state index in [0.717, 1.165) is 9.17 Å². The van der Waals surface area contributed by atoms with Crippen LogP contribution in [-0.4, -0.2) is 24.4 Å². The predicted molar refractivity (Wildman–Crippen MR) is 87.5 cm³/mol. The van der Waals surface area contributed by atoms with Gasteiger partial charge in [0.25, 0.3) is 10.0 Å². The molecule has 7 nitrogen and oxygen atoms in total. The monoisotopic (exact) mass is 400 g/mol. The Hall–Kier alpha value is -1.91. The maximum absolute atomic E-state index is 12.2. The van der Waals surface area contributed by atoms with Crippen molar-refractivity contribution in [1.82, 2.24) is 14.7 Å². The fourth-order valence-electron chi connectivity index (χ4n) is 1.80. The van der Waals surface area contributed by atoms with Crippen LogP contribution in [0.25, 0.3) is 10.9 Å². The first-order valence-corrected chi connectivity index (χ1v) is 9.06. The van der Waals surface area contributed by atoms with Gasteiger partial charge in [-0.25, -0.2) is 14.5 Å². The molecule has 114 valence electrons. The summed E-state index contributed by atoms with van der Waals surface area (Å²) in [5, 5.41) is 3.31. The molecule has 0 aliphatic carbocycles. The van der Waals surface area contributed by atoms with Crippen LogP contribution in [-0.2, 0) is 10.0 Å². The van der Waals surface area contributed by atoms with Gasteiger partial charge in [0.1, 0.15) is 0 Å². The molecule has 0 saturated carbocycles. The summed E-state index contributed by atoms with van der Waals surface area (Å²) in [6, 6.07) is 7.70. The number of halogens is 1. The van der Waals surface area contributed by atoms with Gasteiger partial charge in [-0.2, -0.15) is 8.42 Å². The van der Waals surface area contributed by atoms with Gasteiger partial charge in [0.05, 0.1) is 9.98 Å². The van der Waals surface area contributed by atoms with Crippen molar-refractivity contribution < 1.29 is 13.2 Å². The van der Waals surface area contributed by atoms with Crippen molar-refractivity contribution >= 4 is 59.4 Å². The number of sulfonamides is 1. The lowest BCUT2D eigenvalue weighted by atomic mass is 10.3. The Kier molecular flexibility index (Phi) is 3.89. The molecule has 0 spiro atoms. The molecule has 0 atom stereocenters. The number of carbonyl (C=O) groups excluding carboxylic acids is 1. The van der Waals surface area contributed by atoms with E-state index in [-0.39, 0.29) is 10.2 Å². The molecular formula is C12H9BrN4O3S2. The summed E-state index contributed by atoms with van der Waals surface area (Å²) in [6.07, 6.45) is 1.51. The first-order valence-electron chi connectivity index (χ1n) is 5.97. The first kappa shape index (κ1) is 15.0. The number of rotatable bonds is 3. The highest BCUT2D eigenvalue weighted by atomic mass is 79.9. The van der Waals surface area contributed by atoms with Crippen molar-refractivity contribution in [2.75, 3.05) is 5.32 Å². The third kappa shape index (κ3) is 3.13. The van der Waals surface area contributed by atoms with Gasteiger partial charge in [0.15, 0.2) is 10.2 Å². The Morgan fingerprint density at radius 1 is 1.32 bits per heavy atom. The number of urea groups is 1. The molecule has 2 heterocycles. The number of nitrogens with one attached hydrogen (secondary N) is 3. The van der Waals surface area contributed by atoms with E-state index in [1.165, 1.54) is 23.6 Å². The topological polar surface area (TPSA) is 104 Å². The fourth-order valence-corrected chi connectivity index (χ4v) is 3.84. The number of carbonyl (C=O) groups is 1. The van der Waals surface area contributed by atoms with Crippen LogP contribution in [0.1, 0.15) is 0 Å². The molecule has 0 aliphatic heterocycles. The van der Waals surface area contributed by atoms with E-state index in [1.807, 2.05) is 4.72 Å². The highest BCUT2D eigenvalue weighted by Gasteiger charge is 2.20. The fraction of sp³-hybridized carbons (Fsp3) is 0. The van der Waals surface area contributed by atoms with Crippen LogP contribution >= 0.6 is 27.3 Å². The molecule has 0 radical (unpaired) electrons. The van der Waals surface area contributed by atoms with Crippen molar-refractivity contribution in [3.8, 4) is 0 Å². The number of amides is 2. The average molecular weight is 401 g/mol. The minimum absolute atomic E-state index is 0.0795. The standard InChI is InChI=1S/C12H9BrN4O3S2/c13-9-6-14-12(21-9)16-11(18)17-22(19,20)10-5-7-3-1-2-4-8(7)15-10/h1-6,15H,(H2,14,16,17,18). The Labute approximate surface area is 137 Å². The molecule has 3 N–H and O–H groups in total. The van der Waals surface area contributed by atoms with Crippen LogP contribution in [0.4, 0.5) is 9.93 Å². The number of H-pyrrole nitrogens is 1. The lowest BCUT2D eigenvalue weighted by molar-refractivity contribution is 0.256. The number of aromatic amines is 1. The maximum atomic E-state index is 12.2. The lowest BCUT2D eigenvalue weighted by Crippen LogP contribution is -2.34. The second-order valence-electron chi connectivity index (χ2n) is 4.25. The largest absolute Gasteiger partial charge is 0.344 e. The smallest absolute Gasteiger partial charge is 0.334 e. The first-order chi connectivity index (χ1) is 10.4. The molecule has 0 bridgehead atoms. The number of hydrogen-bond acceptors (Lipinski definition) is 5. The number of thiazole rings is 1. The molecule has 10 heteroatoms. The molecule has 3 aromatic rings. The summed E-state index contributed by atoms with van der Waals surface area (Å²) in [5.74, 6) is 0. The minimum atomic E-state index is -3.99. The number of nitrogens with zero attached hydrogens (tertiary/aromatic N) is 1. The van der Waals surface area contributed by atoms with E-state index in [4.69, 9.17) is 0 Å². The van der Waals surface area contributed by atoms with Gasteiger partial charge < -0.3 is 4.98 Å². The summed E-state index contributed by atoms with van der Waals surface area (Å²) < 4.78 is 27.0. The van der Waals surface area contributed by atoms with Crippen molar-refractivity contribution in [2.24, 2.45) is 0 Å². The zero-order valence-corrected chi connectivity index (χ0v) is 14.0. The molecule has 0 aliphatic rings. The van der Waals surface area contributed by atoms with Crippen molar-refractivity contribution in [3.63, 3.8) is 0 Å². The average Bonchev–Trinajstić information content (AvgIpc) is 3.04. The molecule has 2 aromatic heterocycles. The van der Waals surface area contributed by atoms with Gasteiger partial charge in [-0.05, 0) is 28.1 Å². The molecule has 0 unspecified atom stereocenters. The zero-order valence-electron chi connectivity index (χ0n) is 10.8. The van der Waals surface area contributed by atoms with E-state index < -0.39 is 16.1 Å². The van der Waals surface area contributed by atoms with Crippen LogP contribution in [0.3, 0.4) is 0 Å². The Bertz CT molecular complexity index is 915. The molecule has 0 saturated heterocycles. The Morgan fingerprint density at radius 3 is 2.77 bits per heavy atom. The van der Waals surface area contributed by atoms with Gasteiger partial charge in [-0.1, -0.05) is 29.5 Å². The number of fused-ring (bicyclic) bond motifs is 1. The van der Waals surface area contributed by atoms with Crippen LogP contribution in [0.15, 0.2) is 45.3 Å². The van der Waals surface area contributed by atoms with Gasteiger partial charge >= 0.3 is 6.03 Å². The van der Waals surface area contributed by atoms with Gasteiger partial charge in [0.2, 0.25) is 0 Å². The number of aromatic nitrogens is 2. The Morgan fingerprint density at radius 2 is 2.09 bits per heavy atom. The van der Waals surface area contributed by atoms with Crippen LogP contribution in [0.5, 0.6) is 0 Å². The summed E-state index contributed by atoms with van der Waals surface area (Å²) in [4.78, 5) is 18.4. The second kappa shape index (κ2) is 5.71. The molecule has 22 heavy (non-hydrogen) atoms. The molecular weight excluding hydrogens is 392 g/mol. The minimum Gasteiger partial charge on any atom is -0.344 e. The lowest BCUT2D eigenvalue weighted by Gasteiger charge is -2.04. The molecule has 1 aromatic carbocycles. The summed E-state index contributed by atoms with van der Waals surface area (Å²) in [5.41, 5.74) is 0.673. The number of hydrogen-bond donors (Lipinski definition) is 3. The van der Waals surface area contributed by atoms with E-state index in [9.17, 15) is 13.2 Å². The summed E-state index contributed by atoms with van der Waals surface area (Å²) in [7, 11) is -3.99. The zero-order chi connectivity index (χ0) is 15.7. The molecule has 0 fully saturated rings. The van der Waals surface area contributed by atoms with Crippen LogP contribution < -0.4 is 10.0 Å². The third-order valence-corrected chi connectivity index (χ3v) is 5.36. The quantitative estimate of drug-likeness (QED) is 0.628. The van der Waals surface area contributed by atoms with E-state index in [1.54, 1.807) is 24.3 Å². The van der Waals surface area contributed by atoms with Crippen LogP contribution in [0.2, 0.25) is 0 Å². The van der Waals surface area contributed by atoms with E-state index in [2.05, 4.69) is 31.2 Å². The maximum Gasteiger partial charge on any atom is 0.334 e. The van der Waals surface area contributed by atoms with Crippen molar-refractivity contribution in [1.29, 1.82) is 0 Å². The number of para-hydroxylation sites is 1. The van der Waals surface area contributed by atoms with Gasteiger partial charge in [0, 0.05) is 10.9 Å². The normalized spacial score (nSPS) is 11.5. The summed E-state index contributed by atoms with van der Waals surface area (Å²) >= 11 is 4.37. The second-order valence-corrected chi connectivity index (χ2v) is 8.31. The highest BCUT2D eigenvalue weighted by Crippen LogP contribution is 2.23. The van der Waals surface area contributed by atoms with E-state index in [0.29, 0.717) is 5.52 Å². The van der Waals surface area contributed by atoms with Gasteiger partial charge in [-0.3, -0.25) is 5.32 Å². The molecule has 2 amide bonds. The molecule has 3 rings (SSSR count). The number of benzene rings is 1. The predicted octanol–water partition coefficient (Wildman–Crippen LogP) is 2.90. The Balaban J connectivity index is 1.79. The third-order valence-electron chi connectivity index (χ3n) is 2.72. The van der Waals surface area contributed by atoms with Crippen LogP contribution in [0, 0.1) is 0 Å². The summed E-state index contributed by atoms with van der Waals surface area (Å²) in [6.45, 7) is 0. The SMILES string of the molecule is O=C(Nc1ncc(Br)s1)NS(=O)(=O)c1cc2ccccc2[nH]1. The number of anilines is 1. The van der Waals surface area contributed by atoms with Crippen molar-refractivity contribution in [2.45, 2.75) is 5.03 Å². The van der Waals surface area contributed by atoms with E-state index >= 15 is 0 Å². The van der Waals surface area contributed by atoms with Gasteiger partial charge in [-0.15, -0.1) is 0 Å². The highest BCUT2D eigenvalue weighted by molar-refractivity contribution is 9.11.